The Morgan fingerprint density at radius 2 is 1.25 bits per heavy atom. The van der Waals surface area contributed by atoms with Gasteiger partial charge < -0.3 is 4.74 Å². The lowest BCUT2D eigenvalue weighted by atomic mass is 10.1. The monoisotopic (exact) mass is 524 g/mol. The van der Waals surface area contributed by atoms with Crippen LogP contribution in [0.25, 0.3) is 6.08 Å². The number of unbranched alkanes of at least 4 members (excludes halogenated alkanes) is 2. The number of hydrogen-bond donors (Lipinski definition) is 0. The first kappa shape index (κ1) is 27.1. The van der Waals surface area contributed by atoms with Crippen molar-refractivity contribution in [1.29, 1.82) is 0 Å². The predicted molar refractivity (Wildman–Crippen MR) is 139 cm³/mol. The van der Waals surface area contributed by atoms with Crippen LogP contribution in [0.15, 0.2) is 111 Å². The Bertz CT molecular complexity index is 1470. The van der Waals surface area contributed by atoms with Gasteiger partial charge in [-0.2, -0.15) is 0 Å². The van der Waals surface area contributed by atoms with Crippen molar-refractivity contribution >= 4 is 31.7 Å². The number of hydrogen-bond acceptors (Lipinski definition) is 6. The van der Waals surface area contributed by atoms with Crippen molar-refractivity contribution in [3.05, 3.63) is 102 Å². The molecule has 0 aliphatic heterocycles. The highest BCUT2D eigenvalue weighted by molar-refractivity contribution is 7.92. The summed E-state index contributed by atoms with van der Waals surface area (Å²) < 4.78 is 58.2. The van der Waals surface area contributed by atoms with E-state index in [-0.39, 0.29) is 19.6 Å². The molecule has 0 atom stereocenters. The fraction of sp³-hybridized carbons (Fsp3) is 0.179. The van der Waals surface area contributed by atoms with Gasteiger partial charge in [-0.15, -0.1) is 0 Å². The second-order valence-electron chi connectivity index (χ2n) is 7.99. The number of allylic oxidation sites excluding steroid dienone is 2. The smallest absolute Gasteiger partial charge is 0.330 e. The van der Waals surface area contributed by atoms with Crippen LogP contribution in [-0.2, 0) is 29.2 Å². The van der Waals surface area contributed by atoms with Gasteiger partial charge in [0.15, 0.2) is 0 Å². The first-order chi connectivity index (χ1) is 17.2. The molecule has 0 aromatic heterocycles. The van der Waals surface area contributed by atoms with Gasteiger partial charge in [-0.1, -0.05) is 54.6 Å². The number of esters is 1. The number of carbonyl (C=O) groups excluding carboxylic acids is 1. The summed E-state index contributed by atoms with van der Waals surface area (Å²) in [6, 6.07) is 18.8. The van der Waals surface area contributed by atoms with Crippen LogP contribution < -0.4 is 0 Å². The summed E-state index contributed by atoms with van der Waals surface area (Å²) in [6.45, 7) is 1.62. The maximum Gasteiger partial charge on any atom is 0.330 e. The minimum atomic E-state index is -3.89. The molecule has 0 radical (unpaired) electrons. The summed E-state index contributed by atoms with van der Waals surface area (Å²) >= 11 is 0. The van der Waals surface area contributed by atoms with Crippen molar-refractivity contribution in [3.8, 4) is 0 Å². The number of benzene rings is 3. The van der Waals surface area contributed by atoms with E-state index in [0.29, 0.717) is 30.4 Å². The number of carbonyl (C=O) groups is 1. The molecular formula is C28H28O6S2. The fourth-order valence-electron chi connectivity index (χ4n) is 3.67. The Balaban J connectivity index is 2.03. The zero-order chi connectivity index (χ0) is 26.2. The highest BCUT2D eigenvalue weighted by Gasteiger charge is 2.27. The molecule has 0 aliphatic carbocycles. The van der Waals surface area contributed by atoms with E-state index in [1.54, 1.807) is 55.5 Å². The normalized spacial score (nSPS) is 12.3. The second kappa shape index (κ2) is 12.0. The summed E-state index contributed by atoms with van der Waals surface area (Å²) in [5.74, 6) is -0.423. The van der Waals surface area contributed by atoms with E-state index in [9.17, 15) is 21.6 Å². The standard InChI is InChI=1S/C28H28O6S2/c1-22-25(18-12-4-3-5-13-19-28(29)34-2)27(36(32,33)24-16-10-7-11-17-24)21-20-26(22)35(30,31)23-14-8-6-9-15-23/h6-21H,3-5H2,1-2H3/b18-12+,19-13+. The van der Waals surface area contributed by atoms with Crippen LogP contribution in [-0.4, -0.2) is 29.9 Å². The molecule has 0 saturated heterocycles. The van der Waals surface area contributed by atoms with E-state index in [2.05, 4.69) is 4.74 Å². The van der Waals surface area contributed by atoms with E-state index in [0.717, 1.165) is 0 Å². The van der Waals surface area contributed by atoms with Crippen LogP contribution >= 0.6 is 0 Å². The van der Waals surface area contributed by atoms with Crippen molar-refractivity contribution in [3.63, 3.8) is 0 Å². The average molecular weight is 525 g/mol. The molecule has 3 aromatic rings. The molecule has 36 heavy (non-hydrogen) atoms. The first-order valence-electron chi connectivity index (χ1n) is 11.3. The van der Waals surface area contributed by atoms with Crippen LogP contribution in [0, 0.1) is 6.92 Å². The molecule has 0 bridgehead atoms. The van der Waals surface area contributed by atoms with Crippen molar-refractivity contribution < 1.29 is 26.4 Å². The Kier molecular flexibility index (Phi) is 9.01. The SMILES string of the molecule is COC(=O)/C=C/CCC/C=C/c1c(S(=O)(=O)c2ccccc2)ccc(S(=O)(=O)c2ccccc2)c1C. The van der Waals surface area contributed by atoms with Gasteiger partial charge in [0.1, 0.15) is 0 Å². The van der Waals surface area contributed by atoms with Crippen molar-refractivity contribution in [1.82, 2.24) is 0 Å². The second-order valence-corrected chi connectivity index (χ2v) is 11.8. The third kappa shape index (κ3) is 6.19. The minimum absolute atomic E-state index is 0.0417. The first-order valence-corrected chi connectivity index (χ1v) is 14.3. The Hall–Kier alpha value is -3.49. The molecule has 3 rings (SSSR count). The third-order valence-corrected chi connectivity index (χ3v) is 9.33. The average Bonchev–Trinajstić information content (AvgIpc) is 2.89. The minimum Gasteiger partial charge on any atom is -0.466 e. The summed E-state index contributed by atoms with van der Waals surface area (Å²) in [7, 11) is -6.43. The lowest BCUT2D eigenvalue weighted by Gasteiger charge is -2.15. The third-order valence-electron chi connectivity index (χ3n) is 5.59. The summed E-state index contributed by atoms with van der Waals surface area (Å²) in [4.78, 5) is 11.5. The molecule has 0 N–H and O–H groups in total. The van der Waals surface area contributed by atoms with Gasteiger partial charge in [0.05, 0.1) is 26.7 Å². The molecule has 6 nitrogen and oxygen atoms in total. The van der Waals surface area contributed by atoms with Crippen molar-refractivity contribution in [2.45, 2.75) is 45.8 Å². The number of sulfone groups is 2. The van der Waals surface area contributed by atoms with Gasteiger partial charge >= 0.3 is 5.97 Å². The van der Waals surface area contributed by atoms with E-state index >= 15 is 0 Å². The molecule has 0 heterocycles. The summed E-state index contributed by atoms with van der Waals surface area (Å²) in [5, 5.41) is 0. The molecule has 8 heteroatoms. The molecule has 0 amide bonds. The van der Waals surface area contributed by atoms with E-state index < -0.39 is 25.6 Å². The lowest BCUT2D eigenvalue weighted by Crippen LogP contribution is -2.10. The zero-order valence-electron chi connectivity index (χ0n) is 20.1. The van der Waals surface area contributed by atoms with Crippen molar-refractivity contribution in [2.24, 2.45) is 0 Å². The summed E-state index contributed by atoms with van der Waals surface area (Å²) in [5.41, 5.74) is 0.693. The topological polar surface area (TPSA) is 94.6 Å². The predicted octanol–water partition coefficient (Wildman–Crippen LogP) is 5.57. The summed E-state index contributed by atoms with van der Waals surface area (Å²) in [6.07, 6.45) is 8.50. The maximum absolute atomic E-state index is 13.5. The molecule has 188 valence electrons. The highest BCUT2D eigenvalue weighted by Crippen LogP contribution is 2.33. The Morgan fingerprint density at radius 1 is 0.750 bits per heavy atom. The van der Waals surface area contributed by atoms with Gasteiger partial charge in [0, 0.05) is 6.08 Å². The van der Waals surface area contributed by atoms with Crippen LogP contribution in [0.2, 0.25) is 0 Å². The molecule has 0 aliphatic rings. The maximum atomic E-state index is 13.5. The van der Waals surface area contributed by atoms with Gasteiger partial charge in [0.25, 0.3) is 0 Å². The van der Waals surface area contributed by atoms with Gasteiger partial charge in [-0.3, -0.25) is 0 Å². The molecular weight excluding hydrogens is 496 g/mol. The van der Waals surface area contributed by atoms with Crippen LogP contribution in [0.3, 0.4) is 0 Å². The van der Waals surface area contributed by atoms with Gasteiger partial charge in [-0.25, -0.2) is 21.6 Å². The molecule has 3 aromatic carbocycles. The number of methoxy groups -OCH3 is 1. The van der Waals surface area contributed by atoms with E-state index in [1.807, 2.05) is 6.08 Å². The van der Waals surface area contributed by atoms with E-state index in [4.69, 9.17) is 0 Å². The number of ether oxygens (including phenoxy) is 1. The molecule has 0 spiro atoms. The molecule has 0 fully saturated rings. The van der Waals surface area contributed by atoms with Crippen LogP contribution in [0.1, 0.15) is 30.4 Å². The zero-order valence-corrected chi connectivity index (χ0v) is 21.8. The lowest BCUT2D eigenvalue weighted by molar-refractivity contribution is -0.134. The molecule has 0 unspecified atom stereocenters. The Morgan fingerprint density at radius 3 is 1.81 bits per heavy atom. The van der Waals surface area contributed by atoms with Gasteiger partial charge in [-0.05, 0) is 73.7 Å². The number of rotatable bonds is 10. The Labute approximate surface area is 212 Å². The largest absolute Gasteiger partial charge is 0.466 e. The van der Waals surface area contributed by atoms with E-state index in [1.165, 1.54) is 49.6 Å². The highest BCUT2D eigenvalue weighted by atomic mass is 32.2. The fourth-order valence-corrected chi connectivity index (χ4v) is 6.73. The van der Waals surface area contributed by atoms with Gasteiger partial charge in [0.2, 0.25) is 19.7 Å². The van der Waals surface area contributed by atoms with Crippen LogP contribution in [0.4, 0.5) is 0 Å². The van der Waals surface area contributed by atoms with Crippen molar-refractivity contribution in [2.75, 3.05) is 7.11 Å². The molecule has 0 saturated carbocycles. The quantitative estimate of drug-likeness (QED) is 0.195. The van der Waals surface area contributed by atoms with Crippen LogP contribution in [0.5, 0.6) is 0 Å².